The summed E-state index contributed by atoms with van der Waals surface area (Å²) in [6, 6.07) is 7.94. The van der Waals surface area contributed by atoms with Gasteiger partial charge in [0.1, 0.15) is 11.5 Å². The Morgan fingerprint density at radius 2 is 2.00 bits per heavy atom. The first-order valence-electron chi connectivity index (χ1n) is 9.44. The lowest BCUT2D eigenvalue weighted by Crippen LogP contribution is -2.46. The fourth-order valence-corrected chi connectivity index (χ4v) is 4.40. The molecule has 1 aromatic heterocycles. The summed E-state index contributed by atoms with van der Waals surface area (Å²) in [4.78, 5) is 28.3. The maximum Gasteiger partial charge on any atom is 0.303 e. The van der Waals surface area contributed by atoms with Gasteiger partial charge in [0.05, 0.1) is 19.9 Å². The smallest absolute Gasteiger partial charge is 0.303 e. The van der Waals surface area contributed by atoms with E-state index in [1.165, 1.54) is 30.5 Å². The third kappa shape index (κ3) is 4.54. The zero-order valence-electron chi connectivity index (χ0n) is 16.5. The molecule has 0 aliphatic heterocycles. The average molecular weight is 413 g/mol. The number of anilines is 1. The number of hydrogen-bond acceptors (Lipinski definition) is 5. The monoisotopic (exact) mass is 412 g/mol. The summed E-state index contributed by atoms with van der Waals surface area (Å²) >= 11 is 1.40. The SMILES string of the molecule is C#CC(=O)N(c1cc(OC)ccc1OC)[C@@H](C(=O)NC1CCCC1)c1cccs1. The molecule has 0 unspecified atom stereocenters. The van der Waals surface area contributed by atoms with Crippen LogP contribution in [0.2, 0.25) is 0 Å². The van der Waals surface area contributed by atoms with Gasteiger partial charge in [-0.1, -0.05) is 18.9 Å². The molecular formula is C22H24N2O4S. The van der Waals surface area contributed by atoms with Crippen LogP contribution in [0.25, 0.3) is 0 Å². The van der Waals surface area contributed by atoms with Crippen molar-refractivity contribution in [2.75, 3.05) is 19.1 Å². The fraction of sp³-hybridized carbons (Fsp3) is 0.364. The van der Waals surface area contributed by atoms with E-state index < -0.39 is 11.9 Å². The normalized spacial score (nSPS) is 14.7. The first-order valence-corrected chi connectivity index (χ1v) is 10.3. The molecule has 1 N–H and O–H groups in total. The Morgan fingerprint density at radius 3 is 2.59 bits per heavy atom. The molecule has 29 heavy (non-hydrogen) atoms. The Bertz CT molecular complexity index is 898. The van der Waals surface area contributed by atoms with Gasteiger partial charge in [0.25, 0.3) is 0 Å². The number of hydrogen-bond donors (Lipinski definition) is 1. The molecule has 1 heterocycles. The van der Waals surface area contributed by atoms with E-state index in [1.807, 2.05) is 17.5 Å². The quantitative estimate of drug-likeness (QED) is 0.707. The van der Waals surface area contributed by atoms with Crippen molar-refractivity contribution in [2.45, 2.75) is 37.8 Å². The Kier molecular flexibility index (Phi) is 6.78. The largest absolute Gasteiger partial charge is 0.497 e. The Balaban J connectivity index is 2.09. The highest BCUT2D eigenvalue weighted by molar-refractivity contribution is 7.10. The number of nitrogens with zero attached hydrogens (tertiary/aromatic N) is 1. The van der Waals surface area contributed by atoms with Crippen molar-refractivity contribution in [1.29, 1.82) is 0 Å². The lowest BCUT2D eigenvalue weighted by Gasteiger charge is -2.31. The van der Waals surface area contributed by atoms with E-state index in [-0.39, 0.29) is 11.9 Å². The minimum atomic E-state index is -0.903. The molecule has 7 heteroatoms. The number of nitrogens with one attached hydrogen (secondary N) is 1. The molecule has 1 aliphatic carbocycles. The third-order valence-electron chi connectivity index (χ3n) is 5.01. The second-order valence-corrected chi connectivity index (χ2v) is 7.74. The highest BCUT2D eigenvalue weighted by Gasteiger charge is 2.36. The number of carbonyl (C=O) groups excluding carboxylic acids is 2. The molecule has 1 saturated carbocycles. The van der Waals surface area contributed by atoms with E-state index in [9.17, 15) is 9.59 Å². The topological polar surface area (TPSA) is 67.9 Å². The van der Waals surface area contributed by atoms with E-state index in [0.717, 1.165) is 25.7 Å². The molecule has 152 valence electrons. The van der Waals surface area contributed by atoms with E-state index >= 15 is 0 Å². The number of rotatable bonds is 7. The van der Waals surface area contributed by atoms with Crippen LogP contribution in [0.1, 0.15) is 36.6 Å². The van der Waals surface area contributed by atoms with Crippen LogP contribution in [0.4, 0.5) is 5.69 Å². The summed E-state index contributed by atoms with van der Waals surface area (Å²) in [6.45, 7) is 0. The molecule has 1 atom stereocenters. The minimum Gasteiger partial charge on any atom is -0.497 e. The Hall–Kier alpha value is -2.98. The maximum atomic E-state index is 13.3. The van der Waals surface area contributed by atoms with Crippen LogP contribution in [0, 0.1) is 12.3 Å². The molecule has 1 fully saturated rings. The second kappa shape index (κ2) is 9.48. The van der Waals surface area contributed by atoms with Gasteiger partial charge in [0.2, 0.25) is 5.91 Å². The Morgan fingerprint density at radius 1 is 1.24 bits per heavy atom. The van der Waals surface area contributed by atoms with Gasteiger partial charge in [-0.05, 0) is 42.3 Å². The molecule has 6 nitrogen and oxygen atoms in total. The van der Waals surface area contributed by atoms with Crippen LogP contribution in [0.5, 0.6) is 11.5 Å². The van der Waals surface area contributed by atoms with Gasteiger partial charge in [0.15, 0.2) is 6.04 Å². The summed E-state index contributed by atoms with van der Waals surface area (Å²) < 4.78 is 10.8. The summed E-state index contributed by atoms with van der Waals surface area (Å²) in [7, 11) is 3.03. The van der Waals surface area contributed by atoms with Gasteiger partial charge >= 0.3 is 5.91 Å². The predicted octanol–water partition coefficient (Wildman–Crippen LogP) is 3.53. The number of ether oxygens (including phenoxy) is 2. The maximum absolute atomic E-state index is 13.3. The molecule has 1 aliphatic rings. The second-order valence-electron chi connectivity index (χ2n) is 6.77. The molecule has 0 saturated heterocycles. The summed E-state index contributed by atoms with van der Waals surface area (Å²) in [5.74, 6) is 2.22. The lowest BCUT2D eigenvalue weighted by molar-refractivity contribution is -0.125. The standard InChI is InChI=1S/C22H24N2O4S/c1-4-20(25)24(17-14-16(27-2)11-12-18(17)28-3)21(19-10-7-13-29-19)22(26)23-15-8-5-6-9-15/h1,7,10-15,21H,5-6,8-9H2,2-3H3,(H,23,26)/t21-/m1/s1. The predicted molar refractivity (Wildman–Crippen MR) is 113 cm³/mol. The summed E-state index contributed by atoms with van der Waals surface area (Å²) in [5, 5.41) is 4.96. The van der Waals surface area contributed by atoms with Crippen LogP contribution >= 0.6 is 11.3 Å². The molecule has 0 spiro atoms. The van der Waals surface area contributed by atoms with Gasteiger partial charge in [-0.15, -0.1) is 17.8 Å². The van der Waals surface area contributed by atoms with E-state index in [1.54, 1.807) is 18.2 Å². The fourth-order valence-electron chi connectivity index (χ4n) is 3.59. The first-order chi connectivity index (χ1) is 14.1. The molecule has 0 bridgehead atoms. The van der Waals surface area contributed by atoms with Gasteiger partial charge in [0, 0.05) is 17.0 Å². The van der Waals surface area contributed by atoms with E-state index in [4.69, 9.17) is 15.9 Å². The van der Waals surface area contributed by atoms with Crippen molar-refractivity contribution in [2.24, 2.45) is 0 Å². The highest BCUT2D eigenvalue weighted by Crippen LogP contribution is 2.38. The van der Waals surface area contributed by atoms with Crippen molar-refractivity contribution < 1.29 is 19.1 Å². The number of thiophene rings is 1. The van der Waals surface area contributed by atoms with Gasteiger partial charge < -0.3 is 14.8 Å². The summed E-state index contributed by atoms with van der Waals surface area (Å²) in [6.07, 6.45) is 9.54. The van der Waals surface area contributed by atoms with Crippen LogP contribution in [0.3, 0.4) is 0 Å². The Labute approximate surface area is 174 Å². The van der Waals surface area contributed by atoms with Crippen molar-refractivity contribution in [3.8, 4) is 23.8 Å². The van der Waals surface area contributed by atoms with Crippen molar-refractivity contribution in [3.05, 3.63) is 40.6 Å². The van der Waals surface area contributed by atoms with E-state index in [2.05, 4.69) is 11.2 Å². The zero-order chi connectivity index (χ0) is 20.8. The van der Waals surface area contributed by atoms with Crippen molar-refractivity contribution in [1.82, 2.24) is 5.32 Å². The highest BCUT2D eigenvalue weighted by atomic mass is 32.1. The van der Waals surface area contributed by atoms with Crippen molar-refractivity contribution >= 4 is 28.8 Å². The number of benzene rings is 1. The van der Waals surface area contributed by atoms with E-state index in [0.29, 0.717) is 22.1 Å². The number of carbonyl (C=O) groups is 2. The molecule has 2 amide bonds. The molecule has 1 aromatic carbocycles. The van der Waals surface area contributed by atoms with Crippen LogP contribution < -0.4 is 19.7 Å². The number of amides is 2. The average Bonchev–Trinajstić information content (AvgIpc) is 3.45. The summed E-state index contributed by atoms with van der Waals surface area (Å²) in [5.41, 5.74) is 0.384. The first kappa shape index (κ1) is 20.7. The van der Waals surface area contributed by atoms with Gasteiger partial charge in [-0.2, -0.15) is 0 Å². The lowest BCUT2D eigenvalue weighted by atomic mass is 10.1. The van der Waals surface area contributed by atoms with Crippen LogP contribution in [-0.2, 0) is 9.59 Å². The minimum absolute atomic E-state index is 0.111. The van der Waals surface area contributed by atoms with Gasteiger partial charge in [-0.3, -0.25) is 14.5 Å². The molecular weight excluding hydrogens is 388 g/mol. The van der Waals surface area contributed by atoms with Gasteiger partial charge in [-0.25, -0.2) is 0 Å². The molecule has 0 radical (unpaired) electrons. The molecule has 3 rings (SSSR count). The van der Waals surface area contributed by atoms with Crippen LogP contribution in [0.15, 0.2) is 35.7 Å². The number of terminal acetylenes is 1. The van der Waals surface area contributed by atoms with Crippen molar-refractivity contribution in [3.63, 3.8) is 0 Å². The number of methoxy groups -OCH3 is 2. The zero-order valence-corrected chi connectivity index (χ0v) is 17.3. The molecule has 2 aromatic rings. The third-order valence-corrected chi connectivity index (χ3v) is 5.93. The van der Waals surface area contributed by atoms with Crippen LogP contribution in [-0.4, -0.2) is 32.1 Å².